The van der Waals surface area contributed by atoms with Gasteiger partial charge in [0.1, 0.15) is 11.8 Å². The predicted molar refractivity (Wildman–Crippen MR) is 99.0 cm³/mol. The number of rotatable bonds is 2. The zero-order valence-corrected chi connectivity index (χ0v) is 15.7. The second-order valence-corrected chi connectivity index (χ2v) is 7.98. The summed E-state index contributed by atoms with van der Waals surface area (Å²) in [7, 11) is 0. The molecule has 1 aromatic rings. The van der Waals surface area contributed by atoms with Crippen LogP contribution in [0.1, 0.15) is 55.3 Å². The van der Waals surface area contributed by atoms with E-state index >= 15 is 0 Å². The summed E-state index contributed by atoms with van der Waals surface area (Å²) < 4.78 is 6.19. The van der Waals surface area contributed by atoms with E-state index in [9.17, 15) is 9.59 Å². The molecule has 0 radical (unpaired) electrons. The van der Waals surface area contributed by atoms with Crippen LogP contribution < -0.4 is 0 Å². The number of hydrogen-bond donors (Lipinski definition) is 0. The molecule has 2 aliphatic heterocycles. The molecule has 4 rings (SSSR count). The molecule has 1 spiro atoms. The molecule has 0 unspecified atom stereocenters. The number of hydrogen-bond acceptors (Lipinski definition) is 3. The molecule has 0 aromatic heterocycles. The average Bonchev–Trinajstić information content (AvgIpc) is 3.31. The van der Waals surface area contributed by atoms with Gasteiger partial charge in [-0.1, -0.05) is 18.0 Å². The van der Waals surface area contributed by atoms with Crippen molar-refractivity contribution in [3.63, 3.8) is 0 Å². The van der Waals surface area contributed by atoms with Crippen LogP contribution in [0, 0.1) is 0 Å². The van der Waals surface area contributed by atoms with Crippen LogP contribution in [0.5, 0.6) is 0 Å². The summed E-state index contributed by atoms with van der Waals surface area (Å²) in [6.45, 7) is 1.87. The lowest BCUT2D eigenvalue weighted by Gasteiger charge is -2.42. The van der Waals surface area contributed by atoms with Crippen LogP contribution >= 0.6 is 11.6 Å². The summed E-state index contributed by atoms with van der Waals surface area (Å²) in [5.41, 5.74) is -0.0706. The van der Waals surface area contributed by atoms with Gasteiger partial charge in [0.25, 0.3) is 5.91 Å². The fourth-order valence-electron chi connectivity index (χ4n) is 4.54. The van der Waals surface area contributed by atoms with Gasteiger partial charge in [0.2, 0.25) is 5.91 Å². The van der Waals surface area contributed by atoms with Crippen LogP contribution in [0.4, 0.5) is 0 Å². The van der Waals surface area contributed by atoms with Crippen molar-refractivity contribution in [2.24, 2.45) is 0 Å². The van der Waals surface area contributed by atoms with Gasteiger partial charge >= 0.3 is 0 Å². The molecule has 3 fully saturated rings. The Morgan fingerprint density at radius 2 is 1.65 bits per heavy atom. The lowest BCUT2D eigenvalue weighted by molar-refractivity contribution is -0.136. The van der Waals surface area contributed by atoms with Crippen molar-refractivity contribution in [1.29, 1.82) is 0 Å². The monoisotopic (exact) mass is 376 g/mol. The molecular formula is C20H25ClN2O3. The Morgan fingerprint density at radius 3 is 2.31 bits per heavy atom. The molecule has 140 valence electrons. The van der Waals surface area contributed by atoms with E-state index in [1.165, 1.54) is 0 Å². The van der Waals surface area contributed by atoms with Gasteiger partial charge in [-0.3, -0.25) is 14.5 Å². The topological polar surface area (TPSA) is 49.9 Å². The molecule has 5 nitrogen and oxygen atoms in total. The van der Waals surface area contributed by atoms with Gasteiger partial charge in [-0.05, 0) is 62.8 Å². The highest BCUT2D eigenvalue weighted by Gasteiger charge is 2.53. The number of carbonyl (C=O) groups excluding carboxylic acids is 2. The number of nitrogens with zero attached hydrogens (tertiary/aromatic N) is 2. The van der Waals surface area contributed by atoms with E-state index in [4.69, 9.17) is 16.3 Å². The molecule has 0 N–H and O–H groups in total. The first kappa shape index (κ1) is 17.8. The molecule has 3 aliphatic rings. The number of halogens is 1. The van der Waals surface area contributed by atoms with E-state index in [0.29, 0.717) is 17.2 Å². The maximum atomic E-state index is 13.4. The van der Waals surface area contributed by atoms with Crippen LogP contribution in [0.3, 0.4) is 0 Å². The van der Waals surface area contributed by atoms with Crippen molar-refractivity contribution >= 4 is 23.4 Å². The second-order valence-electron chi connectivity index (χ2n) is 7.55. The Kier molecular flexibility index (Phi) is 4.93. The number of carbonyl (C=O) groups is 2. The smallest absolute Gasteiger partial charge is 0.256 e. The van der Waals surface area contributed by atoms with Crippen LogP contribution in [-0.2, 0) is 9.53 Å². The summed E-state index contributed by atoms with van der Waals surface area (Å²) in [4.78, 5) is 30.1. The predicted octanol–water partition coefficient (Wildman–Crippen LogP) is 3.46. The fraction of sp³-hybridized carbons (Fsp3) is 0.600. The van der Waals surface area contributed by atoms with Crippen LogP contribution in [0.15, 0.2) is 24.3 Å². The maximum absolute atomic E-state index is 13.4. The van der Waals surface area contributed by atoms with Gasteiger partial charge in [0, 0.05) is 23.7 Å². The number of ether oxygens (including phenoxy) is 1. The van der Waals surface area contributed by atoms with Crippen molar-refractivity contribution in [1.82, 2.24) is 9.80 Å². The zero-order chi connectivity index (χ0) is 18.1. The lowest BCUT2D eigenvalue weighted by Crippen LogP contribution is -2.56. The van der Waals surface area contributed by atoms with Gasteiger partial charge in [-0.2, -0.15) is 0 Å². The first-order valence-electron chi connectivity index (χ1n) is 9.63. The minimum atomic E-state index is -0.630. The van der Waals surface area contributed by atoms with Crippen LogP contribution in [0.25, 0.3) is 0 Å². The highest BCUT2D eigenvalue weighted by molar-refractivity contribution is 6.30. The fourth-order valence-corrected chi connectivity index (χ4v) is 4.67. The molecule has 1 saturated carbocycles. The highest BCUT2D eigenvalue weighted by atomic mass is 35.5. The first-order chi connectivity index (χ1) is 12.6. The molecule has 1 aromatic carbocycles. The minimum absolute atomic E-state index is 0.0345. The molecule has 1 aliphatic carbocycles. The molecule has 2 amide bonds. The molecule has 2 saturated heterocycles. The van der Waals surface area contributed by atoms with Crippen molar-refractivity contribution < 1.29 is 14.3 Å². The molecule has 1 atom stereocenters. The molecule has 26 heavy (non-hydrogen) atoms. The molecule has 2 heterocycles. The second kappa shape index (κ2) is 7.20. The van der Waals surface area contributed by atoms with E-state index in [0.717, 1.165) is 58.0 Å². The van der Waals surface area contributed by atoms with Crippen molar-refractivity contribution in [2.75, 3.05) is 19.7 Å². The number of amides is 2. The quantitative estimate of drug-likeness (QED) is 0.794. The van der Waals surface area contributed by atoms with Crippen LogP contribution in [0.2, 0.25) is 5.02 Å². The largest absolute Gasteiger partial charge is 0.353 e. The summed E-state index contributed by atoms with van der Waals surface area (Å²) in [5.74, 6) is -0.0918. The van der Waals surface area contributed by atoms with Gasteiger partial charge in [0.05, 0.1) is 6.61 Å². The van der Waals surface area contributed by atoms with E-state index in [1.54, 1.807) is 29.2 Å². The van der Waals surface area contributed by atoms with E-state index in [1.807, 2.05) is 4.90 Å². The Hall–Kier alpha value is -1.59. The Morgan fingerprint density at radius 1 is 1.00 bits per heavy atom. The zero-order valence-electron chi connectivity index (χ0n) is 15.0. The Bertz CT molecular complexity index is 679. The molecular weight excluding hydrogens is 352 g/mol. The van der Waals surface area contributed by atoms with E-state index in [-0.39, 0.29) is 11.8 Å². The van der Waals surface area contributed by atoms with E-state index < -0.39 is 11.8 Å². The maximum Gasteiger partial charge on any atom is 0.256 e. The molecule has 0 bridgehead atoms. The lowest BCUT2D eigenvalue weighted by atomic mass is 9.89. The number of likely N-dealkylation sites (tertiary alicyclic amines) is 1. The Labute approximate surface area is 159 Å². The van der Waals surface area contributed by atoms with Crippen molar-refractivity contribution in [2.45, 2.75) is 56.7 Å². The standard InChI is InChI=1S/C20H25ClN2O3/c21-16-8-6-15(7-9-16)18(24)23-17(19(25)22-12-4-5-13-22)14-26-20(23)10-2-1-3-11-20/h6-9,17H,1-5,10-14H2/t17-/m1/s1. The summed E-state index contributed by atoms with van der Waals surface area (Å²) in [6, 6.07) is 6.38. The van der Waals surface area contributed by atoms with Crippen molar-refractivity contribution in [3.05, 3.63) is 34.9 Å². The van der Waals surface area contributed by atoms with Gasteiger partial charge in [-0.25, -0.2) is 0 Å². The normalized spacial score (nSPS) is 25.0. The SMILES string of the molecule is O=C([C@H]1COC2(CCCCC2)N1C(=O)c1ccc(Cl)cc1)N1CCCC1. The highest BCUT2D eigenvalue weighted by Crippen LogP contribution is 2.42. The minimum Gasteiger partial charge on any atom is -0.353 e. The summed E-state index contributed by atoms with van der Waals surface area (Å²) in [6.07, 6.45) is 6.88. The average molecular weight is 377 g/mol. The van der Waals surface area contributed by atoms with Gasteiger partial charge < -0.3 is 9.64 Å². The Balaban J connectivity index is 1.66. The van der Waals surface area contributed by atoms with E-state index in [2.05, 4.69) is 0 Å². The van der Waals surface area contributed by atoms with Crippen molar-refractivity contribution in [3.8, 4) is 0 Å². The van der Waals surface area contributed by atoms with Gasteiger partial charge in [0.15, 0.2) is 0 Å². The third-order valence-corrected chi connectivity index (χ3v) is 6.16. The third kappa shape index (κ3) is 3.12. The third-order valence-electron chi connectivity index (χ3n) is 5.91. The van der Waals surface area contributed by atoms with Gasteiger partial charge in [-0.15, -0.1) is 0 Å². The molecule has 6 heteroatoms. The summed E-state index contributed by atoms with van der Waals surface area (Å²) >= 11 is 5.97. The van der Waals surface area contributed by atoms with Crippen LogP contribution in [-0.4, -0.2) is 53.1 Å². The number of benzene rings is 1. The summed E-state index contributed by atoms with van der Waals surface area (Å²) in [5, 5.41) is 0.594. The first-order valence-corrected chi connectivity index (χ1v) is 10.0.